The quantitative estimate of drug-likeness (QED) is 0.0769. The number of piperazine rings is 1. The molecule has 0 radical (unpaired) electrons. The van der Waals surface area contributed by atoms with Crippen LogP contribution in [0.4, 0.5) is 27.1 Å². The Labute approximate surface area is 392 Å². The lowest BCUT2D eigenvalue weighted by molar-refractivity contribution is -0.136. The molecule has 0 bridgehead atoms. The summed E-state index contributed by atoms with van der Waals surface area (Å²) in [7, 11) is 0. The molecule has 5 heterocycles. The topological polar surface area (TPSA) is 186 Å². The third kappa shape index (κ3) is 9.23. The molecule has 1 atom stereocenters. The number of benzene rings is 4. The average Bonchev–Trinajstić information content (AvgIpc) is 4.13. The van der Waals surface area contributed by atoms with E-state index in [0.717, 1.165) is 86.7 Å². The van der Waals surface area contributed by atoms with Crippen molar-refractivity contribution in [2.45, 2.75) is 44.6 Å². The smallest absolute Gasteiger partial charge is 0.264 e. The number of fused-ring (bicyclic) bond motifs is 2. The van der Waals surface area contributed by atoms with Gasteiger partial charge in [-0.1, -0.05) is 6.07 Å². The van der Waals surface area contributed by atoms with Crippen LogP contribution >= 0.6 is 0 Å². The SMILES string of the molecule is O=C1CC[C@H](N2C(=O)c3cccc(NCCN4CCN(CC5CCN(c6ccc7c(Oc8ccc(NC(=O)C9(C(=O)Nc%10ccc(F)cc%10)CC9)cc8)ccnc7c6)CC5)CC4)c3C2=O)C(=O)N1. The first-order valence-electron chi connectivity index (χ1n) is 23.3. The third-order valence-electron chi connectivity index (χ3n) is 13.9. The van der Waals surface area contributed by atoms with Gasteiger partial charge in [0, 0.05) is 99.7 Å². The second kappa shape index (κ2) is 18.8. The number of piperidine rings is 2. The Morgan fingerprint density at radius 1 is 0.779 bits per heavy atom. The van der Waals surface area contributed by atoms with Crippen LogP contribution in [-0.2, 0) is 19.2 Å². The second-order valence-corrected chi connectivity index (χ2v) is 18.3. The molecule has 68 heavy (non-hydrogen) atoms. The van der Waals surface area contributed by atoms with Gasteiger partial charge in [0.1, 0.15) is 28.8 Å². The highest BCUT2D eigenvalue weighted by Gasteiger charge is 2.56. The molecule has 1 saturated carbocycles. The molecule has 4 aromatic carbocycles. The molecule has 16 nitrogen and oxygen atoms in total. The van der Waals surface area contributed by atoms with E-state index in [1.165, 1.54) is 24.3 Å². The van der Waals surface area contributed by atoms with Crippen molar-refractivity contribution in [3.05, 3.63) is 114 Å². The van der Waals surface area contributed by atoms with Crippen LogP contribution in [0.2, 0.25) is 0 Å². The fraction of sp³-hybridized carbons (Fsp3) is 0.353. The van der Waals surface area contributed by atoms with Crippen LogP contribution in [0.5, 0.6) is 11.5 Å². The zero-order chi connectivity index (χ0) is 46.9. The first kappa shape index (κ1) is 44.6. The monoisotopic (exact) mass is 921 g/mol. The molecular formula is C51H52FN9O7. The van der Waals surface area contributed by atoms with Crippen LogP contribution in [-0.4, -0.2) is 120 Å². The second-order valence-electron chi connectivity index (χ2n) is 18.3. The molecule has 17 heteroatoms. The van der Waals surface area contributed by atoms with Crippen molar-refractivity contribution < 1.29 is 37.9 Å². The third-order valence-corrected chi connectivity index (χ3v) is 13.9. The summed E-state index contributed by atoms with van der Waals surface area (Å²) in [6, 6.07) is 24.7. The van der Waals surface area contributed by atoms with E-state index in [-0.39, 0.29) is 29.9 Å². The van der Waals surface area contributed by atoms with Gasteiger partial charge in [0.05, 0.1) is 16.6 Å². The minimum absolute atomic E-state index is 0.0789. The standard InChI is InChI=1S/C51H52FN9O7/c52-33-4-6-34(7-5-33)55-49(66)51(19-20-51)50(67)56-35-8-11-37(12-9-35)68-43-16-21-53-41-30-36(10-13-38(41)43)60-23-17-32(18-24-60)31-59-28-26-58(27-29-59)25-22-54-40-3-1-2-39-45(40)48(65)61(47(39)64)42-14-15-44(62)57-46(42)63/h1-13,16,21,30,32,42,54H,14-15,17-20,22-29,31H2,(H,55,66)(H,56,67)(H,57,62,63)/t42-/m0/s1. The van der Waals surface area contributed by atoms with Crippen molar-refractivity contribution in [2.24, 2.45) is 11.3 Å². The van der Waals surface area contributed by atoms with Crippen LogP contribution in [0.3, 0.4) is 0 Å². The summed E-state index contributed by atoms with van der Waals surface area (Å²) < 4.78 is 19.6. The minimum Gasteiger partial charge on any atom is -0.457 e. The fourth-order valence-corrected chi connectivity index (χ4v) is 9.79. The molecule has 5 aliphatic rings. The number of anilines is 4. The Hall–Kier alpha value is -7.24. The Morgan fingerprint density at radius 3 is 2.16 bits per heavy atom. The summed E-state index contributed by atoms with van der Waals surface area (Å²) >= 11 is 0. The van der Waals surface area contributed by atoms with Gasteiger partial charge in [-0.05, 0) is 123 Å². The first-order chi connectivity index (χ1) is 33.0. The molecule has 4 fully saturated rings. The molecule has 10 rings (SSSR count). The number of halogens is 1. The van der Waals surface area contributed by atoms with Gasteiger partial charge in [-0.3, -0.25) is 48.9 Å². The highest BCUT2D eigenvalue weighted by molar-refractivity contribution is 6.25. The summed E-state index contributed by atoms with van der Waals surface area (Å²) in [5.41, 5.74) is 2.89. The van der Waals surface area contributed by atoms with Crippen LogP contribution in [0.25, 0.3) is 10.9 Å². The lowest BCUT2D eigenvalue weighted by atomic mass is 9.95. The molecule has 0 unspecified atom stereocenters. The van der Waals surface area contributed by atoms with Gasteiger partial charge in [0.25, 0.3) is 11.8 Å². The van der Waals surface area contributed by atoms with Gasteiger partial charge in [-0.2, -0.15) is 0 Å². The van der Waals surface area contributed by atoms with Crippen molar-refractivity contribution in [3.63, 3.8) is 0 Å². The number of hydrogen-bond donors (Lipinski definition) is 4. The van der Waals surface area contributed by atoms with Crippen LogP contribution in [0.15, 0.2) is 97.2 Å². The summed E-state index contributed by atoms with van der Waals surface area (Å²) in [5.74, 6) is -1.39. The van der Waals surface area contributed by atoms with E-state index in [0.29, 0.717) is 53.9 Å². The number of ether oxygens (including phenoxy) is 1. The Kier molecular flexibility index (Phi) is 12.3. The number of amides is 6. The number of rotatable bonds is 14. The molecule has 6 amide bonds. The van der Waals surface area contributed by atoms with E-state index >= 15 is 0 Å². The van der Waals surface area contributed by atoms with Gasteiger partial charge in [-0.25, -0.2) is 4.39 Å². The minimum atomic E-state index is -1.16. The highest BCUT2D eigenvalue weighted by Crippen LogP contribution is 2.47. The number of pyridine rings is 1. The van der Waals surface area contributed by atoms with Gasteiger partial charge < -0.3 is 30.5 Å². The van der Waals surface area contributed by atoms with Crippen molar-refractivity contribution in [2.75, 3.05) is 79.8 Å². The van der Waals surface area contributed by atoms with Crippen molar-refractivity contribution in [3.8, 4) is 11.5 Å². The fourth-order valence-electron chi connectivity index (χ4n) is 9.79. The van der Waals surface area contributed by atoms with E-state index in [2.05, 4.69) is 59.1 Å². The summed E-state index contributed by atoms with van der Waals surface area (Å²) in [5, 5.41) is 12.1. The Balaban J connectivity index is 0.660. The van der Waals surface area contributed by atoms with E-state index in [9.17, 15) is 33.2 Å². The maximum absolute atomic E-state index is 13.5. The van der Waals surface area contributed by atoms with E-state index in [1.807, 2.05) is 6.07 Å². The number of carbonyl (C=O) groups is 6. The average molecular weight is 922 g/mol. The molecular weight excluding hydrogens is 870 g/mol. The van der Waals surface area contributed by atoms with Gasteiger partial charge in [0.15, 0.2) is 0 Å². The van der Waals surface area contributed by atoms with Crippen LogP contribution in [0, 0.1) is 17.2 Å². The number of nitrogens with one attached hydrogen (secondary N) is 4. The maximum atomic E-state index is 13.5. The van der Waals surface area contributed by atoms with E-state index < -0.39 is 46.8 Å². The summed E-state index contributed by atoms with van der Waals surface area (Å²) in [6.45, 7) is 8.22. The predicted molar refractivity (Wildman–Crippen MR) is 253 cm³/mol. The van der Waals surface area contributed by atoms with Crippen molar-refractivity contribution in [1.82, 2.24) is 25.0 Å². The van der Waals surface area contributed by atoms with Crippen molar-refractivity contribution >= 4 is 69.1 Å². The normalized spacial score (nSPS) is 19.7. The van der Waals surface area contributed by atoms with Gasteiger partial charge in [-0.15, -0.1) is 0 Å². The molecule has 1 aromatic heterocycles. The van der Waals surface area contributed by atoms with Crippen molar-refractivity contribution in [1.29, 1.82) is 0 Å². The summed E-state index contributed by atoms with van der Waals surface area (Å²) in [6.07, 6.45) is 5.00. The molecule has 0 spiro atoms. The highest BCUT2D eigenvalue weighted by atomic mass is 19.1. The van der Waals surface area contributed by atoms with Gasteiger partial charge in [0.2, 0.25) is 23.6 Å². The first-order valence-corrected chi connectivity index (χ1v) is 23.3. The lowest BCUT2D eigenvalue weighted by Crippen LogP contribution is -2.54. The number of carbonyl (C=O) groups excluding carboxylic acids is 6. The maximum Gasteiger partial charge on any atom is 0.264 e. The van der Waals surface area contributed by atoms with Crippen LogP contribution < -0.4 is 30.9 Å². The molecule has 350 valence electrons. The molecule has 5 aromatic rings. The number of imide groups is 2. The zero-order valence-corrected chi connectivity index (χ0v) is 37.5. The number of aromatic nitrogens is 1. The largest absolute Gasteiger partial charge is 0.457 e. The lowest BCUT2D eigenvalue weighted by Gasteiger charge is -2.39. The van der Waals surface area contributed by atoms with Gasteiger partial charge >= 0.3 is 0 Å². The Bertz CT molecular complexity index is 2790. The summed E-state index contributed by atoms with van der Waals surface area (Å²) in [4.78, 5) is 90.1. The number of nitrogens with zero attached hydrogens (tertiary/aromatic N) is 5. The molecule has 1 aliphatic carbocycles. The van der Waals surface area contributed by atoms with E-state index in [4.69, 9.17) is 4.74 Å². The van der Waals surface area contributed by atoms with E-state index in [1.54, 1.807) is 48.7 Å². The zero-order valence-electron chi connectivity index (χ0n) is 37.5. The molecule has 3 saturated heterocycles. The Morgan fingerprint density at radius 2 is 1.47 bits per heavy atom. The predicted octanol–water partition coefficient (Wildman–Crippen LogP) is 5.87. The van der Waals surface area contributed by atoms with Crippen LogP contribution in [0.1, 0.15) is 59.2 Å². The molecule has 4 N–H and O–H groups in total. The number of hydrogen-bond acceptors (Lipinski definition) is 12. The molecule has 4 aliphatic heterocycles.